The smallest absolute Gasteiger partial charge is 0.384 e. The van der Waals surface area contributed by atoms with Crippen molar-refractivity contribution in [2.75, 3.05) is 10.2 Å². The fourth-order valence-corrected chi connectivity index (χ4v) is 5.73. The monoisotopic (exact) mass is 530 g/mol. The second kappa shape index (κ2) is 7.83. The average molecular weight is 531 g/mol. The third-order valence-electron chi connectivity index (χ3n) is 6.97. The molecular weight excluding hydrogens is 512 g/mol. The third kappa shape index (κ3) is 3.44. The molecule has 6 nitrogen and oxygen atoms in total. The van der Waals surface area contributed by atoms with E-state index >= 15 is 0 Å². The van der Waals surface area contributed by atoms with Crippen molar-refractivity contribution in [2.24, 2.45) is 11.1 Å². The highest BCUT2D eigenvalue weighted by Gasteiger charge is 2.61. The minimum Gasteiger partial charge on any atom is -0.384 e. The summed E-state index contributed by atoms with van der Waals surface area (Å²) in [7, 11) is 0. The van der Waals surface area contributed by atoms with E-state index in [9.17, 15) is 32.4 Å². The molecule has 1 spiro atoms. The third-order valence-corrected chi connectivity index (χ3v) is 7.29. The van der Waals surface area contributed by atoms with Gasteiger partial charge in [-0.05, 0) is 48.2 Å². The van der Waals surface area contributed by atoms with Gasteiger partial charge in [0.15, 0.2) is 5.78 Å². The van der Waals surface area contributed by atoms with E-state index in [4.69, 9.17) is 17.3 Å². The number of amides is 1. The number of nitrogens with zero attached hydrogens (tertiary/aromatic N) is 2. The molecule has 0 aromatic heterocycles. The van der Waals surface area contributed by atoms with Crippen molar-refractivity contribution in [3.8, 4) is 6.07 Å². The largest absolute Gasteiger partial charge is 0.416 e. The summed E-state index contributed by atoms with van der Waals surface area (Å²) in [6.45, 7) is 3.57. The molecule has 2 aromatic carbocycles. The summed E-state index contributed by atoms with van der Waals surface area (Å²) in [5.41, 5.74) is 2.33. The number of hydrogen-bond donors (Lipinski definition) is 2. The van der Waals surface area contributed by atoms with Crippen LogP contribution in [-0.4, -0.2) is 11.7 Å². The highest BCUT2D eigenvalue weighted by atomic mass is 35.5. The van der Waals surface area contributed by atoms with Crippen LogP contribution in [0.1, 0.15) is 37.8 Å². The van der Waals surface area contributed by atoms with Gasteiger partial charge in [-0.1, -0.05) is 25.4 Å². The van der Waals surface area contributed by atoms with E-state index in [0.29, 0.717) is 0 Å². The number of anilines is 2. The molecule has 2 aromatic rings. The normalized spacial score (nSPS) is 22.7. The minimum absolute atomic E-state index is 0.0196. The molecule has 0 fully saturated rings. The van der Waals surface area contributed by atoms with Crippen LogP contribution in [0.15, 0.2) is 59.1 Å². The number of nitrogens with one attached hydrogen (secondary N) is 1. The molecule has 37 heavy (non-hydrogen) atoms. The van der Waals surface area contributed by atoms with Gasteiger partial charge < -0.3 is 11.1 Å². The second-order valence-electron chi connectivity index (χ2n) is 10.0. The minimum atomic E-state index is -4.71. The van der Waals surface area contributed by atoms with Crippen molar-refractivity contribution < 1.29 is 27.2 Å². The summed E-state index contributed by atoms with van der Waals surface area (Å²) in [5, 5.41) is 12.8. The highest BCUT2D eigenvalue weighted by Crippen LogP contribution is 2.57. The van der Waals surface area contributed by atoms with Crippen LogP contribution in [-0.2, 0) is 21.2 Å². The fourth-order valence-electron chi connectivity index (χ4n) is 5.53. The van der Waals surface area contributed by atoms with Gasteiger partial charge in [0.25, 0.3) is 0 Å². The Labute approximate surface area is 214 Å². The lowest BCUT2D eigenvalue weighted by atomic mass is 9.60. The summed E-state index contributed by atoms with van der Waals surface area (Å²) >= 11 is 6.35. The van der Waals surface area contributed by atoms with Gasteiger partial charge in [0, 0.05) is 28.9 Å². The molecule has 3 aliphatic rings. The number of nitriles is 1. The van der Waals surface area contributed by atoms with Crippen molar-refractivity contribution in [3.63, 3.8) is 0 Å². The van der Waals surface area contributed by atoms with E-state index in [-0.39, 0.29) is 51.9 Å². The van der Waals surface area contributed by atoms with E-state index in [1.165, 1.54) is 6.07 Å². The van der Waals surface area contributed by atoms with Gasteiger partial charge in [-0.25, -0.2) is 4.39 Å². The Morgan fingerprint density at radius 2 is 1.84 bits per heavy atom. The van der Waals surface area contributed by atoms with Crippen LogP contribution in [0.4, 0.5) is 28.9 Å². The Morgan fingerprint density at radius 1 is 1.14 bits per heavy atom. The van der Waals surface area contributed by atoms with Gasteiger partial charge in [0.2, 0.25) is 5.91 Å². The number of rotatable bonds is 1. The highest BCUT2D eigenvalue weighted by molar-refractivity contribution is 6.33. The average Bonchev–Trinajstić information content (AvgIpc) is 3.05. The molecule has 0 radical (unpaired) electrons. The number of nitrogens with two attached hydrogens (primary N) is 1. The topological polar surface area (TPSA) is 99.2 Å². The van der Waals surface area contributed by atoms with Crippen molar-refractivity contribution >= 4 is 34.7 Å². The Bertz CT molecular complexity index is 1520. The molecule has 1 amide bonds. The fraction of sp³-hybridized carbons (Fsp3) is 0.269. The van der Waals surface area contributed by atoms with Crippen LogP contribution < -0.4 is 16.0 Å². The lowest BCUT2D eigenvalue weighted by Crippen LogP contribution is -2.52. The van der Waals surface area contributed by atoms with Gasteiger partial charge in [0.05, 0.1) is 21.8 Å². The molecule has 1 aliphatic carbocycles. The van der Waals surface area contributed by atoms with Crippen molar-refractivity contribution in [3.05, 3.63) is 81.0 Å². The van der Waals surface area contributed by atoms with Crippen molar-refractivity contribution in [2.45, 2.75) is 38.3 Å². The summed E-state index contributed by atoms with van der Waals surface area (Å²) in [6, 6.07) is 8.02. The molecule has 2 aliphatic heterocycles. The molecule has 0 bridgehead atoms. The van der Waals surface area contributed by atoms with Gasteiger partial charge in [-0.3, -0.25) is 14.5 Å². The maximum atomic E-state index is 14.4. The number of hydrogen-bond acceptors (Lipinski definition) is 5. The lowest BCUT2D eigenvalue weighted by Gasteiger charge is -2.46. The summed E-state index contributed by atoms with van der Waals surface area (Å²) in [5.74, 6) is -2.37. The van der Waals surface area contributed by atoms with E-state index in [0.717, 1.165) is 35.2 Å². The summed E-state index contributed by atoms with van der Waals surface area (Å²) in [4.78, 5) is 28.5. The predicted octanol–water partition coefficient (Wildman–Crippen LogP) is 5.55. The first-order valence-corrected chi connectivity index (χ1v) is 11.6. The van der Waals surface area contributed by atoms with Crippen LogP contribution in [0.5, 0.6) is 0 Å². The van der Waals surface area contributed by atoms with Crippen LogP contribution in [0.25, 0.3) is 0 Å². The number of ketones is 1. The standard InChI is InChI=1S/C26H19ClF4N4O2/c1-24(2)9-19-21(20(36)10-24)25(14-8-13(28)4-6-17(14)34-23(25)37)15(11-32)22(33)35(19)18-7-12(26(29,30)31)3-5-16(18)27/h3-8H,9-10,33H2,1-2H3,(H,34,37). The van der Waals surface area contributed by atoms with Gasteiger partial charge in [-0.2, -0.15) is 18.4 Å². The first-order chi connectivity index (χ1) is 17.2. The van der Waals surface area contributed by atoms with E-state index in [1.807, 2.05) is 6.07 Å². The zero-order valence-electron chi connectivity index (χ0n) is 19.6. The zero-order valence-corrected chi connectivity index (χ0v) is 20.3. The van der Waals surface area contributed by atoms with Gasteiger partial charge in [-0.15, -0.1) is 0 Å². The number of Topliss-reactive ketones (excluding diaryl/α,β-unsaturated/α-hetero) is 1. The molecule has 11 heteroatoms. The summed E-state index contributed by atoms with van der Waals surface area (Å²) in [6.07, 6.45) is -4.62. The van der Waals surface area contributed by atoms with Crippen molar-refractivity contribution in [1.29, 1.82) is 5.26 Å². The molecule has 1 atom stereocenters. The van der Waals surface area contributed by atoms with Crippen LogP contribution >= 0.6 is 11.6 Å². The maximum Gasteiger partial charge on any atom is 0.416 e. The quantitative estimate of drug-likeness (QED) is 0.471. The Balaban J connectivity index is 1.91. The predicted molar refractivity (Wildman–Crippen MR) is 128 cm³/mol. The van der Waals surface area contributed by atoms with Gasteiger partial charge >= 0.3 is 6.18 Å². The van der Waals surface area contributed by atoms with Crippen LogP contribution in [0, 0.1) is 22.6 Å². The molecule has 0 saturated carbocycles. The van der Waals surface area contributed by atoms with Gasteiger partial charge in [0.1, 0.15) is 23.1 Å². The number of fused-ring (bicyclic) bond motifs is 3. The number of carbonyl (C=O) groups excluding carboxylic acids is 2. The Kier molecular flexibility index (Phi) is 5.25. The van der Waals surface area contributed by atoms with E-state index in [1.54, 1.807) is 13.8 Å². The first kappa shape index (κ1) is 24.8. The van der Waals surface area contributed by atoms with Crippen LogP contribution in [0.2, 0.25) is 5.02 Å². The zero-order chi connectivity index (χ0) is 27.1. The number of halogens is 5. The number of benzene rings is 2. The Hall–Kier alpha value is -3.84. The van der Waals surface area contributed by atoms with Crippen LogP contribution in [0.3, 0.4) is 0 Å². The Morgan fingerprint density at radius 3 is 2.49 bits per heavy atom. The molecule has 2 heterocycles. The second-order valence-corrected chi connectivity index (χ2v) is 10.4. The number of alkyl halides is 3. The summed E-state index contributed by atoms with van der Waals surface area (Å²) < 4.78 is 55.3. The molecule has 190 valence electrons. The number of allylic oxidation sites excluding steroid dienone is 1. The molecule has 3 N–H and O–H groups in total. The number of carbonyl (C=O) groups is 2. The molecular formula is C26H19ClF4N4O2. The maximum absolute atomic E-state index is 14.4. The molecule has 0 saturated heterocycles. The van der Waals surface area contributed by atoms with E-state index in [2.05, 4.69) is 5.32 Å². The molecule has 5 rings (SSSR count). The SMILES string of the molecule is CC1(C)CC(=O)C2=C(C1)N(c1cc(C(F)(F)F)ccc1Cl)C(N)=C(C#N)C21C(=O)Nc2ccc(F)cc21. The van der Waals surface area contributed by atoms with Crippen molar-refractivity contribution in [1.82, 2.24) is 0 Å². The first-order valence-electron chi connectivity index (χ1n) is 11.2. The van der Waals surface area contributed by atoms with E-state index < -0.39 is 45.7 Å². The lowest BCUT2D eigenvalue weighted by molar-refractivity contribution is -0.137. The molecule has 1 unspecified atom stereocenters.